The van der Waals surface area contributed by atoms with E-state index in [1.165, 1.54) is 18.2 Å². The van der Waals surface area contributed by atoms with Crippen LogP contribution >= 0.6 is 0 Å². The van der Waals surface area contributed by atoms with Crippen molar-refractivity contribution in [2.24, 2.45) is 23.7 Å². The van der Waals surface area contributed by atoms with Crippen molar-refractivity contribution in [1.82, 2.24) is 0 Å². The molecule has 0 unspecified atom stereocenters. The molecule has 1 saturated heterocycles. The summed E-state index contributed by atoms with van der Waals surface area (Å²) < 4.78 is 30.6. The number of nitrogens with zero attached hydrogens (tertiary/aromatic N) is 1. The molecule has 2 fully saturated rings. The van der Waals surface area contributed by atoms with E-state index in [4.69, 9.17) is 4.18 Å². The van der Waals surface area contributed by atoms with Crippen LogP contribution in [0.25, 0.3) is 0 Å². The van der Waals surface area contributed by atoms with Crippen molar-refractivity contribution in [1.29, 1.82) is 0 Å². The average Bonchev–Trinajstić information content (AvgIpc) is 3.37. The fourth-order valence-corrected chi connectivity index (χ4v) is 5.57. The molecule has 2 aromatic rings. The molecule has 1 saturated carbocycles. The first-order valence-electron chi connectivity index (χ1n) is 9.12. The molecule has 142 valence electrons. The SMILES string of the molecule is O=C1[C@H]2[C@H](C(=O)N1c1ccccc1OS(=O)(=O)c1ccccc1)[C@H]1C=C[C@H]2C1. The first-order chi connectivity index (χ1) is 13.5. The van der Waals surface area contributed by atoms with E-state index < -0.39 is 10.1 Å². The Morgan fingerprint density at radius 1 is 0.821 bits per heavy atom. The van der Waals surface area contributed by atoms with E-state index in [2.05, 4.69) is 0 Å². The van der Waals surface area contributed by atoms with Gasteiger partial charge in [-0.15, -0.1) is 0 Å². The van der Waals surface area contributed by atoms with Crippen LogP contribution in [0.1, 0.15) is 6.42 Å². The van der Waals surface area contributed by atoms with Crippen LogP contribution in [-0.2, 0) is 19.7 Å². The molecule has 0 N–H and O–H groups in total. The summed E-state index contributed by atoms with van der Waals surface area (Å²) in [7, 11) is -4.09. The molecule has 0 aromatic heterocycles. The highest BCUT2D eigenvalue weighted by molar-refractivity contribution is 7.87. The maximum absolute atomic E-state index is 13.0. The fourth-order valence-electron chi connectivity index (χ4n) is 4.61. The zero-order chi connectivity index (χ0) is 19.5. The molecule has 28 heavy (non-hydrogen) atoms. The maximum atomic E-state index is 13.0. The van der Waals surface area contributed by atoms with Crippen molar-refractivity contribution in [3.05, 3.63) is 66.7 Å². The summed E-state index contributed by atoms with van der Waals surface area (Å²) >= 11 is 0. The lowest BCUT2D eigenvalue weighted by atomic mass is 9.85. The van der Waals surface area contributed by atoms with Gasteiger partial charge in [-0.2, -0.15) is 8.42 Å². The Balaban J connectivity index is 1.52. The van der Waals surface area contributed by atoms with E-state index in [9.17, 15) is 18.0 Å². The van der Waals surface area contributed by atoms with Crippen LogP contribution < -0.4 is 9.08 Å². The molecule has 4 atom stereocenters. The fraction of sp³-hybridized carbons (Fsp3) is 0.238. The number of carbonyl (C=O) groups is 2. The molecule has 7 heteroatoms. The van der Waals surface area contributed by atoms with Crippen LogP contribution in [0.3, 0.4) is 0 Å². The summed E-state index contributed by atoms with van der Waals surface area (Å²) in [6, 6.07) is 14.0. The highest BCUT2D eigenvalue weighted by atomic mass is 32.2. The van der Waals surface area contributed by atoms with E-state index >= 15 is 0 Å². The molecule has 1 aliphatic heterocycles. The Bertz CT molecular complexity index is 1080. The minimum Gasteiger partial charge on any atom is -0.377 e. The van der Waals surface area contributed by atoms with Crippen molar-refractivity contribution < 1.29 is 22.2 Å². The van der Waals surface area contributed by atoms with Crippen molar-refractivity contribution in [2.45, 2.75) is 11.3 Å². The lowest BCUT2D eigenvalue weighted by Gasteiger charge is -2.20. The number of allylic oxidation sites excluding steroid dienone is 2. The Kier molecular flexibility index (Phi) is 3.71. The molecule has 1 heterocycles. The van der Waals surface area contributed by atoms with Gasteiger partial charge in [-0.1, -0.05) is 42.5 Å². The Morgan fingerprint density at radius 2 is 1.39 bits per heavy atom. The highest BCUT2D eigenvalue weighted by Gasteiger charge is 2.60. The van der Waals surface area contributed by atoms with Gasteiger partial charge in [0.1, 0.15) is 4.90 Å². The molecule has 2 amide bonds. The first kappa shape index (κ1) is 17.2. The standard InChI is InChI=1S/C21H17NO5S/c23-20-18-13-10-11-14(12-13)19(18)21(24)22(20)16-8-4-5-9-17(16)27-28(25,26)15-6-2-1-3-7-15/h1-11,13-14,18-19H,12H2/t13-,14-,18+,19+/m0/s1. The zero-order valence-electron chi connectivity index (χ0n) is 14.8. The van der Waals surface area contributed by atoms with Gasteiger partial charge in [-0.25, -0.2) is 4.90 Å². The van der Waals surface area contributed by atoms with Crippen LogP contribution in [0.5, 0.6) is 5.75 Å². The molecule has 0 radical (unpaired) electrons. The number of anilines is 1. The Labute approximate surface area is 162 Å². The van der Waals surface area contributed by atoms with Gasteiger partial charge in [-0.05, 0) is 42.5 Å². The monoisotopic (exact) mass is 395 g/mol. The lowest BCUT2D eigenvalue weighted by Crippen LogP contribution is -2.33. The van der Waals surface area contributed by atoms with E-state index in [1.807, 2.05) is 12.2 Å². The molecular formula is C21H17NO5S. The third kappa shape index (κ3) is 2.43. The normalized spacial score (nSPS) is 28.1. The molecule has 2 bridgehead atoms. The predicted molar refractivity (Wildman–Crippen MR) is 101 cm³/mol. The molecule has 2 aromatic carbocycles. The Morgan fingerprint density at radius 3 is 2.04 bits per heavy atom. The zero-order valence-corrected chi connectivity index (χ0v) is 15.6. The van der Waals surface area contributed by atoms with Crippen LogP contribution in [0, 0.1) is 23.7 Å². The van der Waals surface area contributed by atoms with E-state index in [0.29, 0.717) is 0 Å². The minimum atomic E-state index is -4.09. The lowest BCUT2D eigenvalue weighted by molar-refractivity contribution is -0.123. The van der Waals surface area contributed by atoms with Gasteiger partial charge in [0.15, 0.2) is 5.75 Å². The second kappa shape index (κ2) is 6.04. The number of para-hydroxylation sites is 2. The van der Waals surface area contributed by atoms with Crippen LogP contribution in [0.15, 0.2) is 71.6 Å². The van der Waals surface area contributed by atoms with Gasteiger partial charge < -0.3 is 4.18 Å². The van der Waals surface area contributed by atoms with Crippen LogP contribution in [0.4, 0.5) is 5.69 Å². The van der Waals surface area contributed by atoms with Crippen LogP contribution in [0.2, 0.25) is 0 Å². The van der Waals surface area contributed by atoms with Gasteiger partial charge in [0, 0.05) is 0 Å². The quantitative estimate of drug-likeness (QED) is 0.452. The smallest absolute Gasteiger partial charge is 0.339 e. The van der Waals surface area contributed by atoms with Gasteiger partial charge in [0.05, 0.1) is 17.5 Å². The minimum absolute atomic E-state index is 0.00277. The highest BCUT2D eigenvalue weighted by Crippen LogP contribution is 2.53. The second-order valence-corrected chi connectivity index (χ2v) is 8.88. The molecule has 6 nitrogen and oxygen atoms in total. The molecule has 3 aliphatic rings. The van der Waals surface area contributed by atoms with Gasteiger partial charge in [-0.3, -0.25) is 9.59 Å². The van der Waals surface area contributed by atoms with Crippen molar-refractivity contribution in [2.75, 3.05) is 4.90 Å². The van der Waals surface area contributed by atoms with Crippen molar-refractivity contribution in [3.63, 3.8) is 0 Å². The predicted octanol–water partition coefficient (Wildman–Crippen LogP) is 2.77. The van der Waals surface area contributed by atoms with Crippen molar-refractivity contribution >= 4 is 27.6 Å². The summed E-state index contributed by atoms with van der Waals surface area (Å²) in [6.07, 6.45) is 4.87. The van der Waals surface area contributed by atoms with Crippen molar-refractivity contribution in [3.8, 4) is 5.75 Å². The molecule has 2 aliphatic carbocycles. The van der Waals surface area contributed by atoms with E-state index in [1.54, 1.807) is 36.4 Å². The van der Waals surface area contributed by atoms with Crippen LogP contribution in [-0.4, -0.2) is 20.2 Å². The van der Waals surface area contributed by atoms with E-state index in [-0.39, 0.29) is 51.8 Å². The first-order valence-corrected chi connectivity index (χ1v) is 10.5. The molecular weight excluding hydrogens is 378 g/mol. The maximum Gasteiger partial charge on any atom is 0.339 e. The third-order valence-electron chi connectivity index (χ3n) is 5.81. The number of carbonyl (C=O) groups excluding carboxylic acids is 2. The van der Waals surface area contributed by atoms with Gasteiger partial charge in [0.2, 0.25) is 11.8 Å². The molecule has 0 spiro atoms. The largest absolute Gasteiger partial charge is 0.377 e. The summed E-state index contributed by atoms with van der Waals surface area (Å²) in [6.45, 7) is 0. The molecule has 5 rings (SSSR count). The third-order valence-corrected chi connectivity index (χ3v) is 7.06. The number of fused-ring (bicyclic) bond motifs is 5. The average molecular weight is 395 g/mol. The summed E-state index contributed by atoms with van der Waals surface area (Å²) in [5.41, 5.74) is 0.172. The number of hydrogen-bond donors (Lipinski definition) is 0. The number of rotatable bonds is 4. The van der Waals surface area contributed by atoms with Gasteiger partial charge >= 0.3 is 10.1 Å². The van der Waals surface area contributed by atoms with Gasteiger partial charge in [0.25, 0.3) is 0 Å². The number of benzene rings is 2. The topological polar surface area (TPSA) is 80.8 Å². The number of hydrogen-bond acceptors (Lipinski definition) is 5. The number of amides is 2. The van der Waals surface area contributed by atoms with E-state index in [0.717, 1.165) is 11.3 Å². The summed E-state index contributed by atoms with van der Waals surface area (Å²) in [5.74, 6) is -1.15. The summed E-state index contributed by atoms with van der Waals surface area (Å²) in [4.78, 5) is 27.2. The second-order valence-electron chi connectivity index (χ2n) is 7.33. The summed E-state index contributed by atoms with van der Waals surface area (Å²) in [5, 5.41) is 0. The number of imide groups is 1. The Hall–Kier alpha value is -2.93.